The Morgan fingerprint density at radius 3 is 1.08 bits per heavy atom. The quantitative estimate of drug-likeness (QED) is 0.00954. The molecule has 32 nitrogen and oxygen atoms in total. The topological polar surface area (TPSA) is 381 Å². The number of alkyl halides is 4. The van der Waals surface area contributed by atoms with E-state index < -0.39 is 68.7 Å². The summed E-state index contributed by atoms with van der Waals surface area (Å²) >= 11 is 29.7. The lowest BCUT2D eigenvalue weighted by Crippen LogP contribution is -2.36. The number of nitrogens with zero attached hydrogens (tertiary/aromatic N) is 8. The van der Waals surface area contributed by atoms with Crippen molar-refractivity contribution >= 4 is 177 Å². The molecule has 10 aromatic carbocycles. The van der Waals surface area contributed by atoms with Gasteiger partial charge in [0.15, 0.2) is 0 Å². The highest BCUT2D eigenvalue weighted by molar-refractivity contribution is 6.61. The molecule has 0 saturated heterocycles. The number of nitrogens with one attached hydrogen (secondary N) is 3. The second kappa shape index (κ2) is 46.9. The molecule has 6 N–H and O–H groups in total. The van der Waals surface area contributed by atoms with E-state index in [1.54, 1.807) is 60.9 Å². The summed E-state index contributed by atoms with van der Waals surface area (Å²) in [5, 5.41) is 47.1. The van der Waals surface area contributed by atoms with E-state index >= 15 is 0 Å². The van der Waals surface area contributed by atoms with Crippen LogP contribution in [0, 0.1) is 20.2 Å². The van der Waals surface area contributed by atoms with E-state index in [1.165, 1.54) is 59.0 Å². The number of nitro groups is 2. The lowest BCUT2D eigenvalue weighted by Gasteiger charge is -2.25. The molecule has 0 saturated carbocycles. The van der Waals surface area contributed by atoms with Crippen LogP contribution >= 0.6 is 58.0 Å². The fourth-order valence-electron chi connectivity index (χ4n) is 14.6. The van der Waals surface area contributed by atoms with Gasteiger partial charge in [0.1, 0.15) is 51.3 Å². The number of carbonyl (C=O) groups is 7. The third-order valence-electron chi connectivity index (χ3n) is 20.3. The summed E-state index contributed by atoms with van der Waals surface area (Å²) in [6.07, 6.45) is -3.39. The average molecular weight is 1920 g/mol. The van der Waals surface area contributed by atoms with E-state index in [0.29, 0.717) is 96.7 Å². The number of ether oxygens (including phenoxy) is 8. The molecule has 0 fully saturated rings. The van der Waals surface area contributed by atoms with Gasteiger partial charge in [-0.25, -0.2) is 33.6 Å². The summed E-state index contributed by atoms with van der Waals surface area (Å²) in [5.74, 6) is 3.29. The fourth-order valence-corrected chi connectivity index (χ4v) is 15.7. The van der Waals surface area contributed by atoms with Crippen molar-refractivity contribution in [3.8, 4) is 34.5 Å². The number of aromatic hydroxyl groups is 1. The number of nitrogens with two attached hydrogens (primary N) is 1. The molecule has 0 aliphatic carbocycles. The molecule has 14 rings (SSSR count). The summed E-state index contributed by atoms with van der Waals surface area (Å²) in [6.45, 7) is 22.5. The summed E-state index contributed by atoms with van der Waals surface area (Å²) < 4.78 is 43.0. The van der Waals surface area contributed by atoms with Crippen LogP contribution in [-0.2, 0) is 14.2 Å². The minimum atomic E-state index is -1.03. The van der Waals surface area contributed by atoms with Gasteiger partial charge < -0.3 is 79.4 Å². The Balaban J connectivity index is 0.000000187. The fraction of sp³-hybridized carbons (Fsp3) is 0.379. The van der Waals surface area contributed by atoms with Gasteiger partial charge in [0.25, 0.3) is 11.4 Å². The minimum absolute atomic E-state index is 0.0182. The van der Waals surface area contributed by atoms with E-state index in [0.717, 1.165) is 86.3 Å². The Bertz CT molecular complexity index is 5780. The van der Waals surface area contributed by atoms with Crippen molar-refractivity contribution in [1.82, 2.24) is 25.3 Å². The predicted molar refractivity (Wildman–Crippen MR) is 518 cm³/mol. The Morgan fingerprint density at radius 1 is 0.439 bits per heavy atom. The Kier molecular flexibility index (Phi) is 36.9. The molecular formula is C95H111Cl5N12O20. The van der Waals surface area contributed by atoms with E-state index in [9.17, 15) is 58.9 Å². The van der Waals surface area contributed by atoms with E-state index in [2.05, 4.69) is 31.7 Å². The number of hydrogen-bond acceptors (Lipinski definition) is 25. The van der Waals surface area contributed by atoms with Crippen LogP contribution in [0.25, 0.3) is 43.1 Å². The van der Waals surface area contributed by atoms with Gasteiger partial charge >= 0.3 is 42.1 Å². The SMILES string of the molecule is CC(C)(C)OC(=O)N1C[C@@H](CCl)c2c1cc(O)c1ccccc21.CC(C)(C)OC(=O)N1C[C@@H](CCl)c2c1cc(OC(=O)Oc1ccc([N+](=O)[O-])cc1)c1ccccc21.CN(C)CCN.CN(C)CCNC(=O)Oc1cc2c(c3ccccc13)[C@H](CCl)CN2.CN(C)CCNC(=O)Oc1cc2c(c3ccccc13)[C@H](CCl)CN2C(=O)OC(C)(C)C.O=C(Cl)Oc1ccc([N+](=O)[O-])cc1. The average Bonchev–Trinajstić information content (AvgIpc) is 1.61. The maximum atomic E-state index is 13.0. The van der Waals surface area contributed by atoms with Gasteiger partial charge in [0.2, 0.25) is 0 Å². The third-order valence-corrected chi connectivity index (χ3v) is 21.9. The normalized spacial score (nSPS) is 15.0. The van der Waals surface area contributed by atoms with E-state index in [4.69, 9.17) is 96.9 Å². The number of carbonyl (C=O) groups excluding carboxylic acids is 7. The van der Waals surface area contributed by atoms with E-state index in [-0.39, 0.29) is 58.0 Å². The van der Waals surface area contributed by atoms with Crippen LogP contribution in [0.1, 0.15) is 108 Å². The van der Waals surface area contributed by atoms with Gasteiger partial charge in [0.05, 0.1) is 26.9 Å². The maximum absolute atomic E-state index is 13.0. The molecule has 0 bridgehead atoms. The maximum Gasteiger partial charge on any atom is 0.519 e. The van der Waals surface area contributed by atoms with E-state index in [1.807, 2.05) is 179 Å². The molecule has 706 valence electrons. The molecule has 4 aliphatic heterocycles. The van der Waals surface area contributed by atoms with Crippen molar-refractivity contribution in [2.45, 2.75) is 103 Å². The van der Waals surface area contributed by atoms with Crippen molar-refractivity contribution in [3.63, 3.8) is 0 Å². The molecule has 37 heteroatoms. The van der Waals surface area contributed by atoms with Crippen LogP contribution in [0.4, 0.5) is 67.7 Å². The number of fused-ring (bicyclic) bond motifs is 12. The molecular weight excluding hydrogens is 1810 g/mol. The lowest BCUT2D eigenvalue weighted by atomic mass is 9.95. The van der Waals surface area contributed by atoms with Crippen LogP contribution in [0.5, 0.6) is 34.5 Å². The number of nitro benzene ring substituents is 2. The highest BCUT2D eigenvalue weighted by Gasteiger charge is 2.41. The molecule has 0 aromatic heterocycles. The van der Waals surface area contributed by atoms with Crippen molar-refractivity contribution in [3.05, 3.63) is 212 Å². The zero-order valence-corrected chi connectivity index (χ0v) is 79.9. The van der Waals surface area contributed by atoms with Crippen molar-refractivity contribution < 1.29 is 86.4 Å². The van der Waals surface area contributed by atoms with Gasteiger partial charge in [0, 0.05) is 200 Å². The van der Waals surface area contributed by atoms with Gasteiger partial charge in [-0.1, -0.05) is 97.1 Å². The number of amides is 5. The molecule has 132 heavy (non-hydrogen) atoms. The second-order valence-corrected chi connectivity index (χ2v) is 36.2. The van der Waals surface area contributed by atoms with Gasteiger partial charge in [-0.2, -0.15) is 0 Å². The number of phenols is 1. The first kappa shape index (κ1) is 104. The Labute approximate surface area is 790 Å². The molecule has 4 aliphatic rings. The van der Waals surface area contributed by atoms with Crippen LogP contribution in [0.3, 0.4) is 0 Å². The number of phenolic OH excluding ortho intramolecular Hbond substituents is 1. The summed E-state index contributed by atoms with van der Waals surface area (Å²) in [7, 11) is 11.8. The smallest absolute Gasteiger partial charge is 0.507 e. The van der Waals surface area contributed by atoms with Crippen LogP contribution in [0.15, 0.2) is 170 Å². The zero-order chi connectivity index (χ0) is 96.8. The monoisotopic (exact) mass is 1910 g/mol. The van der Waals surface area contributed by atoms with Crippen LogP contribution < -0.4 is 60.1 Å². The Hall–Kier alpha value is -12.0. The number of anilines is 4. The number of likely N-dealkylation sites (N-methyl/N-ethyl adjacent to an activating group) is 3. The first-order chi connectivity index (χ1) is 62.4. The molecule has 4 atom stereocenters. The van der Waals surface area contributed by atoms with Crippen LogP contribution in [-0.4, -0.2) is 220 Å². The first-order valence-electron chi connectivity index (χ1n) is 42.2. The number of rotatable bonds is 19. The second-order valence-electron chi connectivity index (χ2n) is 34.6. The standard InChI is InChI=1S/C25H23ClN2O7.C23H30ClN3O4.C18H22ClN3O2.C18H20ClNO3.C7H4ClNO4.C4H12N2/c1-25(2,3)35-23(29)27-14-15(13-26)22-19-7-5-4-6-18(19)21(12-20(22)27)34-24(30)33-17-10-8-16(9-11-17)28(31)32;1-23(2,3)31-22(29)27-14-15(13-24)20-17-9-7-6-8-16(17)19(12-18(20)27)30-21(28)25-10-11-26(4)5;1-22(2)8-7-20-18(23)24-16-9-15-17(12(10-19)11-21-15)14-6-4-3-5-13(14)16;1-18(2,3)23-17(22)20-10-11(9-19)16-13-7-5-4-6-12(13)15(21)8-14(16)20;8-7(10)13-6-3-1-5(2-4-6)9(11)12;1-6(2)4-3-5/h4-12,15H,13-14H2,1-3H3;6-9,12,15H,10-11,13-14H2,1-5H3,(H,25,28);3-6,9,12,21H,7-8,10-11H2,1-2H3,(H,20,23);4-8,11,21H,9-10H2,1-3H3;1-4H;3-5H2,1-2H3/t2*15-;12-;11-;;/m1111../s1. The predicted octanol–water partition coefficient (Wildman–Crippen LogP) is 20.7. The number of hydrogen-bond donors (Lipinski definition) is 5. The summed E-state index contributed by atoms with van der Waals surface area (Å²) in [6, 6.07) is 47.5. The van der Waals surface area contributed by atoms with Crippen LogP contribution in [0.2, 0.25) is 0 Å². The van der Waals surface area contributed by atoms with Gasteiger partial charge in [-0.15, -0.1) is 46.4 Å². The van der Waals surface area contributed by atoms with Crippen molar-refractivity contribution in [1.29, 1.82) is 0 Å². The molecule has 5 amide bonds. The first-order valence-corrected chi connectivity index (χ1v) is 44.7. The van der Waals surface area contributed by atoms with Crippen molar-refractivity contribution in [2.75, 3.05) is 151 Å². The van der Waals surface area contributed by atoms with Gasteiger partial charge in [-0.3, -0.25) is 34.9 Å². The largest absolute Gasteiger partial charge is 0.519 e. The third kappa shape index (κ3) is 28.3. The zero-order valence-electron chi connectivity index (χ0n) is 76.1. The number of halogens is 5. The van der Waals surface area contributed by atoms with Gasteiger partial charge in [-0.05, 0) is 173 Å². The highest BCUT2D eigenvalue weighted by Crippen LogP contribution is 2.50. The number of benzene rings is 10. The molecule has 10 aromatic rings. The van der Waals surface area contributed by atoms with Crippen molar-refractivity contribution in [2.24, 2.45) is 5.73 Å². The number of non-ortho nitro benzene ring substituents is 2. The molecule has 0 unspecified atom stereocenters. The molecule has 0 radical (unpaired) electrons. The molecule has 0 spiro atoms. The molecule has 4 heterocycles. The summed E-state index contributed by atoms with van der Waals surface area (Å²) in [5.41, 5.74) is 9.04. The summed E-state index contributed by atoms with van der Waals surface area (Å²) in [4.78, 5) is 116. The minimum Gasteiger partial charge on any atom is -0.507 e. The highest BCUT2D eigenvalue weighted by atomic mass is 35.5. The lowest BCUT2D eigenvalue weighted by molar-refractivity contribution is -0.385. The Morgan fingerprint density at radius 2 is 0.758 bits per heavy atom.